The Kier molecular flexibility index (Phi) is 2.93. The molecule has 0 aromatic rings. The smallest absolute Gasteiger partial charge is 0.331 e. The third-order valence-electron chi connectivity index (χ3n) is 1.49. The Labute approximate surface area is 73.5 Å². The highest BCUT2D eigenvalue weighted by atomic mass is 32.2. The zero-order valence-corrected chi connectivity index (χ0v) is 7.26. The third kappa shape index (κ3) is 1.89. The Hall–Kier alpha value is -0.750. The van der Waals surface area contributed by atoms with Crippen LogP contribution in [0.5, 0.6) is 0 Å². The lowest BCUT2D eigenvalue weighted by molar-refractivity contribution is -0.142. The van der Waals surface area contributed by atoms with Crippen molar-refractivity contribution in [2.45, 2.75) is 11.4 Å². The van der Waals surface area contributed by atoms with Gasteiger partial charge in [-0.1, -0.05) is 0 Å². The number of thioether (sulfide) groups is 1. The first kappa shape index (κ1) is 9.34. The summed E-state index contributed by atoms with van der Waals surface area (Å²) in [5, 5.41) is 10.5. The zero-order valence-electron chi connectivity index (χ0n) is 6.44. The van der Waals surface area contributed by atoms with Crippen LogP contribution in [0.25, 0.3) is 0 Å². The highest BCUT2D eigenvalue weighted by Gasteiger charge is 2.34. The molecule has 6 heteroatoms. The molecule has 1 saturated heterocycles. The first-order valence-electron chi connectivity index (χ1n) is 3.33. The summed E-state index contributed by atoms with van der Waals surface area (Å²) in [6.07, 6.45) is 0. The molecule has 0 spiro atoms. The monoisotopic (exact) mass is 191 g/mol. The van der Waals surface area contributed by atoms with E-state index in [4.69, 9.17) is 5.11 Å². The van der Waals surface area contributed by atoms with Crippen molar-refractivity contribution in [3.63, 3.8) is 0 Å². The Bertz CT molecular complexity index is 208. The summed E-state index contributed by atoms with van der Waals surface area (Å²) in [6.45, 7) is 0. The van der Waals surface area contributed by atoms with Crippen LogP contribution in [0.15, 0.2) is 0 Å². The summed E-state index contributed by atoms with van der Waals surface area (Å²) in [5.74, 6) is -0.915. The van der Waals surface area contributed by atoms with Crippen LogP contribution in [0.1, 0.15) is 0 Å². The number of carbonyl (C=O) groups is 2. The van der Waals surface area contributed by atoms with E-state index in [2.05, 4.69) is 10.1 Å². The summed E-state index contributed by atoms with van der Waals surface area (Å²) >= 11 is 1.19. The Morgan fingerprint density at radius 3 is 2.75 bits per heavy atom. The van der Waals surface area contributed by atoms with Gasteiger partial charge in [-0.25, -0.2) is 4.79 Å². The van der Waals surface area contributed by atoms with E-state index in [-0.39, 0.29) is 0 Å². The molecule has 0 saturated carbocycles. The van der Waals surface area contributed by atoms with E-state index < -0.39 is 23.4 Å². The number of methoxy groups -OCH3 is 1. The van der Waals surface area contributed by atoms with Crippen molar-refractivity contribution >= 4 is 23.7 Å². The van der Waals surface area contributed by atoms with E-state index in [0.717, 1.165) is 0 Å². The predicted octanol–water partition coefficient (Wildman–Crippen LogP) is -0.725. The number of esters is 1. The molecule has 0 bridgehead atoms. The van der Waals surface area contributed by atoms with Crippen LogP contribution in [0, 0.1) is 0 Å². The maximum absolute atomic E-state index is 10.9. The predicted molar refractivity (Wildman–Crippen MR) is 42.8 cm³/mol. The minimum atomic E-state index is -0.952. The summed E-state index contributed by atoms with van der Waals surface area (Å²) in [5.41, 5.74) is 0. The lowest BCUT2D eigenvalue weighted by Gasteiger charge is -2.07. The second kappa shape index (κ2) is 3.77. The van der Waals surface area contributed by atoms with Crippen molar-refractivity contribution in [2.75, 3.05) is 12.9 Å². The van der Waals surface area contributed by atoms with Crippen molar-refractivity contribution in [1.82, 2.24) is 5.32 Å². The van der Waals surface area contributed by atoms with Crippen LogP contribution in [0.2, 0.25) is 0 Å². The number of rotatable bonds is 2. The van der Waals surface area contributed by atoms with Crippen LogP contribution in [0.4, 0.5) is 0 Å². The number of hydrogen-bond acceptors (Lipinski definition) is 5. The third-order valence-corrected chi connectivity index (χ3v) is 2.69. The van der Waals surface area contributed by atoms with Crippen LogP contribution in [-0.4, -0.2) is 41.3 Å². The molecule has 0 aromatic carbocycles. The minimum absolute atomic E-state index is 0.411. The molecule has 2 atom stereocenters. The van der Waals surface area contributed by atoms with Gasteiger partial charge in [0.2, 0.25) is 0 Å². The summed E-state index contributed by atoms with van der Waals surface area (Å²) < 4.78 is 4.45. The van der Waals surface area contributed by atoms with Crippen molar-refractivity contribution < 1.29 is 19.4 Å². The Morgan fingerprint density at radius 2 is 2.33 bits per heavy atom. The van der Waals surface area contributed by atoms with Crippen molar-refractivity contribution in [1.29, 1.82) is 0 Å². The number of ether oxygens (including phenoxy) is 1. The normalized spacial score (nSPS) is 28.4. The molecule has 0 aromatic heterocycles. The first-order chi connectivity index (χ1) is 5.65. The zero-order chi connectivity index (χ0) is 9.14. The van der Waals surface area contributed by atoms with Crippen LogP contribution in [-0.2, 0) is 14.3 Å². The van der Waals surface area contributed by atoms with E-state index >= 15 is 0 Å². The van der Waals surface area contributed by atoms with Crippen molar-refractivity contribution in [3.8, 4) is 0 Å². The van der Waals surface area contributed by atoms with Gasteiger partial charge in [0.05, 0.1) is 7.11 Å². The van der Waals surface area contributed by atoms with E-state index in [1.807, 2.05) is 0 Å². The fraction of sp³-hybridized carbons (Fsp3) is 0.667. The molecule has 0 aliphatic carbocycles. The molecule has 5 nitrogen and oxygen atoms in total. The maximum atomic E-state index is 10.9. The molecular formula is C6H9NO4S. The minimum Gasteiger partial charge on any atom is -0.479 e. The molecule has 1 aliphatic heterocycles. The van der Waals surface area contributed by atoms with Gasteiger partial charge in [-0.05, 0) is 0 Å². The molecule has 0 radical (unpaired) electrons. The Balaban J connectivity index is 2.45. The lowest BCUT2D eigenvalue weighted by atomic mass is 10.3. The largest absolute Gasteiger partial charge is 0.479 e. The molecule has 1 rings (SSSR count). The topological polar surface area (TPSA) is 75.6 Å². The van der Waals surface area contributed by atoms with Crippen LogP contribution in [0.3, 0.4) is 0 Å². The fourth-order valence-corrected chi connectivity index (χ4v) is 1.91. The standard InChI is InChI=1S/C6H9NO4S/c1-11-6(10)3-2-12-4(7-3)5(8)9/h3-4,7H,2H2,1H3,(H,8,9)/t3-,4?/m0/s1. The van der Waals surface area contributed by atoms with Gasteiger partial charge in [-0.2, -0.15) is 0 Å². The van der Waals surface area contributed by atoms with E-state index in [1.165, 1.54) is 18.9 Å². The van der Waals surface area contributed by atoms with Gasteiger partial charge < -0.3 is 9.84 Å². The van der Waals surface area contributed by atoms with E-state index in [0.29, 0.717) is 5.75 Å². The SMILES string of the molecule is COC(=O)[C@@H]1CSC(C(=O)O)N1. The van der Waals surface area contributed by atoms with Crippen molar-refractivity contribution in [2.24, 2.45) is 0 Å². The average Bonchev–Trinajstić information content (AvgIpc) is 2.51. The first-order valence-corrected chi connectivity index (χ1v) is 4.38. The number of nitrogens with one attached hydrogen (secondary N) is 1. The number of hydrogen-bond donors (Lipinski definition) is 2. The summed E-state index contributed by atoms with van der Waals surface area (Å²) in [6, 6.07) is -0.485. The van der Waals surface area contributed by atoms with Gasteiger partial charge in [-0.3, -0.25) is 10.1 Å². The average molecular weight is 191 g/mol. The second-order valence-electron chi connectivity index (χ2n) is 2.29. The number of carboxylic acid groups (broad SMARTS) is 1. The number of aliphatic carboxylic acids is 1. The van der Waals surface area contributed by atoms with Gasteiger partial charge in [0.15, 0.2) is 5.37 Å². The molecule has 0 amide bonds. The van der Waals surface area contributed by atoms with E-state index in [1.54, 1.807) is 0 Å². The highest BCUT2D eigenvalue weighted by Crippen LogP contribution is 2.19. The quantitative estimate of drug-likeness (QED) is 0.561. The van der Waals surface area contributed by atoms with E-state index in [9.17, 15) is 9.59 Å². The van der Waals surface area contributed by atoms with Gasteiger partial charge in [0, 0.05) is 5.75 Å². The van der Waals surface area contributed by atoms with Crippen LogP contribution < -0.4 is 5.32 Å². The van der Waals surface area contributed by atoms with Gasteiger partial charge in [0.25, 0.3) is 0 Å². The summed E-state index contributed by atoms with van der Waals surface area (Å²) in [7, 11) is 1.28. The van der Waals surface area contributed by atoms with Crippen molar-refractivity contribution in [3.05, 3.63) is 0 Å². The molecular weight excluding hydrogens is 182 g/mol. The van der Waals surface area contributed by atoms with Gasteiger partial charge >= 0.3 is 11.9 Å². The number of carboxylic acids is 1. The fourth-order valence-electron chi connectivity index (χ4n) is 0.892. The molecule has 1 heterocycles. The molecule has 2 N–H and O–H groups in total. The number of carbonyl (C=O) groups excluding carboxylic acids is 1. The molecule has 1 aliphatic rings. The highest BCUT2D eigenvalue weighted by molar-refractivity contribution is 8.00. The summed E-state index contributed by atoms with van der Waals surface area (Å²) in [4.78, 5) is 21.3. The second-order valence-corrected chi connectivity index (χ2v) is 3.43. The van der Waals surface area contributed by atoms with Gasteiger partial charge in [0.1, 0.15) is 6.04 Å². The van der Waals surface area contributed by atoms with Gasteiger partial charge in [-0.15, -0.1) is 11.8 Å². The molecule has 1 unspecified atom stereocenters. The molecule has 1 fully saturated rings. The molecule has 68 valence electrons. The Morgan fingerprint density at radius 1 is 1.67 bits per heavy atom. The maximum Gasteiger partial charge on any atom is 0.331 e. The lowest BCUT2D eigenvalue weighted by Crippen LogP contribution is -2.40. The molecule has 12 heavy (non-hydrogen) atoms. The van der Waals surface area contributed by atoms with Crippen LogP contribution >= 0.6 is 11.8 Å².